The number of hydrogen-bond acceptors (Lipinski definition) is 2. The van der Waals surface area contributed by atoms with Gasteiger partial charge in [0, 0.05) is 18.9 Å². The van der Waals surface area contributed by atoms with Crippen LogP contribution in [0, 0.1) is 5.92 Å². The first-order valence-corrected chi connectivity index (χ1v) is 7.48. The largest absolute Gasteiger partial charge is 0.375 e. The molecule has 1 aromatic carbocycles. The SMILES string of the molecule is O=C(Cc1ccccc1)C1CCOC2(CCCC2)C1. The molecule has 0 N–H and O–H groups in total. The van der Waals surface area contributed by atoms with Crippen molar-refractivity contribution in [1.82, 2.24) is 0 Å². The second-order valence-corrected chi connectivity index (χ2v) is 6.06. The fourth-order valence-corrected chi connectivity index (χ4v) is 3.61. The van der Waals surface area contributed by atoms with Crippen LogP contribution in [-0.2, 0) is 16.0 Å². The maximum Gasteiger partial charge on any atom is 0.140 e. The van der Waals surface area contributed by atoms with Crippen LogP contribution in [0.5, 0.6) is 0 Å². The standard InChI is InChI=1S/C17H22O2/c18-16(12-14-6-2-1-3-7-14)15-8-11-19-17(13-15)9-4-5-10-17/h1-3,6-7,15H,4-5,8-13H2. The summed E-state index contributed by atoms with van der Waals surface area (Å²) in [5, 5.41) is 0. The van der Waals surface area contributed by atoms with E-state index in [2.05, 4.69) is 0 Å². The Labute approximate surface area is 115 Å². The van der Waals surface area contributed by atoms with Gasteiger partial charge in [0.25, 0.3) is 0 Å². The summed E-state index contributed by atoms with van der Waals surface area (Å²) in [7, 11) is 0. The first-order chi connectivity index (χ1) is 9.27. The molecule has 1 aliphatic carbocycles. The minimum absolute atomic E-state index is 0.0509. The number of hydrogen-bond donors (Lipinski definition) is 0. The summed E-state index contributed by atoms with van der Waals surface area (Å²) in [6.45, 7) is 0.769. The Balaban J connectivity index is 1.63. The van der Waals surface area contributed by atoms with Gasteiger partial charge in [-0.2, -0.15) is 0 Å². The lowest BCUT2D eigenvalue weighted by Gasteiger charge is -2.37. The summed E-state index contributed by atoms with van der Waals surface area (Å²) in [5.74, 6) is 0.618. The smallest absolute Gasteiger partial charge is 0.140 e. The quantitative estimate of drug-likeness (QED) is 0.829. The predicted molar refractivity (Wildman–Crippen MR) is 75.0 cm³/mol. The molecule has 1 aliphatic heterocycles. The van der Waals surface area contributed by atoms with Crippen molar-refractivity contribution >= 4 is 5.78 Å². The van der Waals surface area contributed by atoms with E-state index >= 15 is 0 Å². The third-order valence-electron chi connectivity index (χ3n) is 4.68. The highest BCUT2D eigenvalue weighted by molar-refractivity contribution is 5.83. The molecule has 102 valence electrons. The molecule has 0 amide bonds. The van der Waals surface area contributed by atoms with Crippen molar-refractivity contribution < 1.29 is 9.53 Å². The normalized spacial score (nSPS) is 25.6. The molecule has 2 fully saturated rings. The molecular weight excluding hydrogens is 236 g/mol. The molecule has 2 heteroatoms. The fourth-order valence-electron chi connectivity index (χ4n) is 3.61. The molecule has 3 rings (SSSR count). The fraction of sp³-hybridized carbons (Fsp3) is 0.588. The Morgan fingerprint density at radius 3 is 2.68 bits per heavy atom. The zero-order chi connectivity index (χ0) is 13.1. The van der Waals surface area contributed by atoms with Crippen LogP contribution in [0.4, 0.5) is 0 Å². The molecule has 0 aromatic heterocycles. The minimum Gasteiger partial charge on any atom is -0.375 e. The van der Waals surface area contributed by atoms with Gasteiger partial charge in [0.05, 0.1) is 5.60 Å². The molecule has 0 radical (unpaired) electrons. The van der Waals surface area contributed by atoms with Crippen molar-refractivity contribution in [3.63, 3.8) is 0 Å². The van der Waals surface area contributed by atoms with Crippen molar-refractivity contribution in [3.8, 4) is 0 Å². The molecule has 1 saturated heterocycles. The molecule has 1 heterocycles. The van der Waals surface area contributed by atoms with Crippen LogP contribution >= 0.6 is 0 Å². The molecule has 1 unspecified atom stereocenters. The molecule has 2 nitrogen and oxygen atoms in total. The van der Waals surface area contributed by atoms with E-state index in [1.165, 1.54) is 12.8 Å². The molecule has 1 spiro atoms. The lowest BCUT2D eigenvalue weighted by Crippen LogP contribution is -2.40. The second kappa shape index (κ2) is 5.46. The van der Waals surface area contributed by atoms with Crippen molar-refractivity contribution in [2.24, 2.45) is 5.92 Å². The van der Waals surface area contributed by atoms with E-state index in [1.54, 1.807) is 0 Å². The van der Waals surface area contributed by atoms with Crippen molar-refractivity contribution in [1.29, 1.82) is 0 Å². The summed E-state index contributed by atoms with van der Waals surface area (Å²) in [6.07, 6.45) is 7.29. The Morgan fingerprint density at radius 1 is 1.21 bits per heavy atom. The number of benzene rings is 1. The average Bonchev–Trinajstić information content (AvgIpc) is 2.88. The number of rotatable bonds is 3. The van der Waals surface area contributed by atoms with E-state index in [0.29, 0.717) is 12.2 Å². The van der Waals surface area contributed by atoms with Gasteiger partial charge in [-0.1, -0.05) is 43.2 Å². The summed E-state index contributed by atoms with van der Waals surface area (Å²) < 4.78 is 6.00. The molecule has 1 aromatic rings. The van der Waals surface area contributed by atoms with Crippen LogP contribution in [0.1, 0.15) is 44.1 Å². The molecule has 1 atom stereocenters. The van der Waals surface area contributed by atoms with E-state index in [-0.39, 0.29) is 11.5 Å². The first kappa shape index (κ1) is 12.9. The van der Waals surface area contributed by atoms with Crippen molar-refractivity contribution in [2.45, 2.75) is 50.5 Å². The first-order valence-electron chi connectivity index (χ1n) is 7.48. The summed E-state index contributed by atoms with van der Waals surface area (Å²) in [5.41, 5.74) is 1.19. The molecule has 0 bridgehead atoms. The van der Waals surface area contributed by atoms with Crippen LogP contribution in [0.3, 0.4) is 0 Å². The maximum atomic E-state index is 12.5. The van der Waals surface area contributed by atoms with E-state index < -0.39 is 0 Å². The summed E-state index contributed by atoms with van der Waals surface area (Å²) in [4.78, 5) is 12.5. The van der Waals surface area contributed by atoms with Gasteiger partial charge in [0.2, 0.25) is 0 Å². The Hall–Kier alpha value is -1.15. The second-order valence-electron chi connectivity index (χ2n) is 6.06. The van der Waals surface area contributed by atoms with Crippen LogP contribution in [0.25, 0.3) is 0 Å². The molecular formula is C17H22O2. The number of carbonyl (C=O) groups excluding carboxylic acids is 1. The van der Waals surface area contributed by atoms with Gasteiger partial charge in [-0.3, -0.25) is 4.79 Å². The van der Waals surface area contributed by atoms with Gasteiger partial charge in [-0.15, -0.1) is 0 Å². The van der Waals surface area contributed by atoms with Crippen LogP contribution in [-0.4, -0.2) is 18.0 Å². The molecule has 1 saturated carbocycles. The lowest BCUT2D eigenvalue weighted by atomic mass is 9.81. The Kier molecular flexibility index (Phi) is 3.69. The van der Waals surface area contributed by atoms with E-state index in [4.69, 9.17) is 4.74 Å². The third kappa shape index (κ3) is 2.89. The monoisotopic (exact) mass is 258 g/mol. The van der Waals surface area contributed by atoms with Crippen LogP contribution in [0.15, 0.2) is 30.3 Å². The highest BCUT2D eigenvalue weighted by Gasteiger charge is 2.41. The van der Waals surface area contributed by atoms with Gasteiger partial charge in [0.15, 0.2) is 0 Å². The van der Waals surface area contributed by atoms with E-state index in [9.17, 15) is 4.79 Å². The average molecular weight is 258 g/mol. The minimum atomic E-state index is 0.0509. The van der Waals surface area contributed by atoms with Gasteiger partial charge >= 0.3 is 0 Å². The summed E-state index contributed by atoms with van der Waals surface area (Å²) >= 11 is 0. The zero-order valence-electron chi connectivity index (χ0n) is 11.4. The zero-order valence-corrected chi connectivity index (χ0v) is 11.4. The Bertz CT molecular complexity index is 432. The number of ether oxygens (including phenoxy) is 1. The molecule has 19 heavy (non-hydrogen) atoms. The van der Waals surface area contributed by atoms with Crippen LogP contribution < -0.4 is 0 Å². The van der Waals surface area contributed by atoms with Crippen molar-refractivity contribution in [2.75, 3.05) is 6.61 Å². The summed E-state index contributed by atoms with van der Waals surface area (Å²) in [6, 6.07) is 10.1. The highest BCUT2D eigenvalue weighted by atomic mass is 16.5. The van der Waals surface area contributed by atoms with Gasteiger partial charge < -0.3 is 4.74 Å². The number of carbonyl (C=O) groups is 1. The topological polar surface area (TPSA) is 26.3 Å². The maximum absolute atomic E-state index is 12.5. The number of Topliss-reactive ketones (excluding diaryl/α,β-unsaturated/α-hetero) is 1. The van der Waals surface area contributed by atoms with Gasteiger partial charge in [0.1, 0.15) is 5.78 Å². The van der Waals surface area contributed by atoms with Crippen LogP contribution in [0.2, 0.25) is 0 Å². The lowest BCUT2D eigenvalue weighted by molar-refractivity contribution is -0.135. The van der Waals surface area contributed by atoms with Gasteiger partial charge in [-0.05, 0) is 31.2 Å². The predicted octanol–water partition coefficient (Wildman–Crippen LogP) is 3.54. The Morgan fingerprint density at radius 2 is 1.95 bits per heavy atom. The highest BCUT2D eigenvalue weighted by Crippen LogP contribution is 2.42. The molecule has 2 aliphatic rings. The van der Waals surface area contributed by atoms with Crippen molar-refractivity contribution in [3.05, 3.63) is 35.9 Å². The van der Waals surface area contributed by atoms with E-state index in [0.717, 1.165) is 37.9 Å². The van der Waals surface area contributed by atoms with E-state index in [1.807, 2.05) is 30.3 Å². The van der Waals surface area contributed by atoms with Gasteiger partial charge in [-0.25, -0.2) is 0 Å². The third-order valence-corrected chi connectivity index (χ3v) is 4.68. The number of ketones is 1.